The van der Waals surface area contributed by atoms with Crippen LogP contribution in [-0.2, 0) is 23.8 Å². The fraction of sp³-hybridized carbons (Fsp3) is 0.316. The number of alkyl halides is 3. The molecule has 0 fully saturated rings. The van der Waals surface area contributed by atoms with Crippen LogP contribution in [0.3, 0.4) is 0 Å². The van der Waals surface area contributed by atoms with Gasteiger partial charge in [0.1, 0.15) is 10.9 Å². The van der Waals surface area contributed by atoms with Gasteiger partial charge < -0.3 is 0 Å². The number of carbonyl (C=O) groups is 1. The second-order valence-corrected chi connectivity index (χ2v) is 6.96. The fourth-order valence-corrected chi connectivity index (χ4v) is 2.93. The average molecular weight is 432 g/mol. The fourth-order valence-electron chi connectivity index (χ4n) is 2.60. The Morgan fingerprint density at radius 1 is 1.18 bits per heavy atom. The lowest BCUT2D eigenvalue weighted by atomic mass is 10.0. The normalized spacial score (nSPS) is 11.3. The van der Waals surface area contributed by atoms with Gasteiger partial charge in [-0.25, -0.2) is 9.50 Å². The summed E-state index contributed by atoms with van der Waals surface area (Å²) in [5.41, 5.74) is 1.41. The van der Waals surface area contributed by atoms with Gasteiger partial charge in [0.15, 0.2) is 11.3 Å². The molecule has 0 aliphatic carbocycles. The number of nitrogens with zero attached hydrogens (tertiary/aromatic N) is 3. The molecular formula is C19H18Cl2F3N3O. The molecule has 0 saturated carbocycles. The Morgan fingerprint density at radius 3 is 2.43 bits per heavy atom. The highest BCUT2D eigenvalue weighted by atomic mass is 35.5. The van der Waals surface area contributed by atoms with Gasteiger partial charge in [0.05, 0.1) is 5.69 Å². The first-order valence-corrected chi connectivity index (χ1v) is 9.14. The zero-order valence-electron chi connectivity index (χ0n) is 15.4. The van der Waals surface area contributed by atoms with Gasteiger partial charge in [-0.15, -0.1) is 0 Å². The molecule has 3 rings (SSSR count). The number of rotatable bonds is 3. The van der Waals surface area contributed by atoms with Crippen molar-refractivity contribution in [3.8, 4) is 0 Å². The van der Waals surface area contributed by atoms with E-state index in [9.17, 15) is 18.0 Å². The first kappa shape index (κ1) is 22.2. The van der Waals surface area contributed by atoms with Crippen LogP contribution in [0, 0.1) is 6.92 Å². The van der Waals surface area contributed by atoms with Crippen molar-refractivity contribution in [1.82, 2.24) is 14.6 Å². The van der Waals surface area contributed by atoms with Gasteiger partial charge >= 0.3 is 6.18 Å². The summed E-state index contributed by atoms with van der Waals surface area (Å²) in [6, 6.07) is 8.42. The van der Waals surface area contributed by atoms with E-state index in [1.165, 1.54) is 12.1 Å². The second kappa shape index (κ2) is 8.92. The summed E-state index contributed by atoms with van der Waals surface area (Å²) in [4.78, 5) is 14.3. The minimum atomic E-state index is -4.47. The molecule has 9 heteroatoms. The molecule has 0 unspecified atom stereocenters. The predicted molar refractivity (Wildman–Crippen MR) is 103 cm³/mol. The number of hydrogen-bond donors (Lipinski definition) is 0. The number of halogens is 5. The molecule has 0 N–H and O–H groups in total. The van der Waals surface area contributed by atoms with Gasteiger partial charge in [0.2, 0.25) is 0 Å². The van der Waals surface area contributed by atoms with Crippen LogP contribution in [0.2, 0.25) is 10.2 Å². The van der Waals surface area contributed by atoms with Crippen LogP contribution in [0.4, 0.5) is 13.2 Å². The topological polar surface area (TPSA) is 47.3 Å². The third-order valence-corrected chi connectivity index (χ3v) is 4.33. The number of aromatic nitrogens is 3. The average Bonchev–Trinajstić information content (AvgIpc) is 2.96. The predicted octanol–water partition coefficient (Wildman–Crippen LogP) is 5.74. The highest BCUT2D eigenvalue weighted by molar-refractivity contribution is 6.30. The van der Waals surface area contributed by atoms with E-state index >= 15 is 0 Å². The Hall–Kier alpha value is -2.12. The number of fused-ring (bicyclic) bond motifs is 1. The molecule has 150 valence electrons. The van der Waals surface area contributed by atoms with E-state index in [1.54, 1.807) is 13.8 Å². The van der Waals surface area contributed by atoms with Crippen LogP contribution in [0.5, 0.6) is 0 Å². The van der Waals surface area contributed by atoms with Crippen molar-refractivity contribution in [1.29, 1.82) is 0 Å². The van der Waals surface area contributed by atoms with E-state index in [4.69, 9.17) is 23.2 Å². The van der Waals surface area contributed by atoms with Crippen molar-refractivity contribution in [2.75, 3.05) is 0 Å². The summed E-state index contributed by atoms with van der Waals surface area (Å²) < 4.78 is 39.0. The molecule has 2 aromatic heterocycles. The maximum Gasteiger partial charge on any atom is 0.435 e. The van der Waals surface area contributed by atoms with E-state index in [1.807, 2.05) is 25.1 Å². The van der Waals surface area contributed by atoms with Crippen molar-refractivity contribution >= 4 is 34.6 Å². The van der Waals surface area contributed by atoms with E-state index in [0.29, 0.717) is 11.4 Å². The van der Waals surface area contributed by atoms with Crippen molar-refractivity contribution < 1.29 is 18.0 Å². The molecule has 0 atom stereocenters. The molecule has 0 saturated heterocycles. The van der Waals surface area contributed by atoms with Crippen LogP contribution in [0.15, 0.2) is 30.3 Å². The number of ketones is 1. The summed E-state index contributed by atoms with van der Waals surface area (Å²) in [6.07, 6.45) is -3.80. The number of aryl methyl sites for hydroxylation is 2. The lowest BCUT2D eigenvalue weighted by Gasteiger charge is -2.04. The van der Waals surface area contributed by atoms with Gasteiger partial charge in [0.25, 0.3) is 0 Å². The van der Waals surface area contributed by atoms with Crippen molar-refractivity contribution in [3.05, 3.63) is 63.0 Å². The molecule has 4 nitrogen and oxygen atoms in total. The van der Waals surface area contributed by atoms with Gasteiger partial charge in [0, 0.05) is 11.4 Å². The number of hydrogen-bond acceptors (Lipinski definition) is 3. The highest BCUT2D eigenvalue weighted by Crippen LogP contribution is 2.32. The standard InChI is InChI=1S/C10H11ClO.C9H7ClF3N3/c1-7-3-4-10(11)6-9(7)5-8(2)12;1-2-5-8(9(11,12)13)14-7-4-3-6(10)15-16(5)7/h3-4,6H,5H2,1-2H3;3-4H,2H2,1H3. The van der Waals surface area contributed by atoms with Crippen LogP contribution in [0.1, 0.15) is 36.4 Å². The summed E-state index contributed by atoms with van der Waals surface area (Å²) in [5.74, 6) is 0.167. The van der Waals surface area contributed by atoms with E-state index in [0.717, 1.165) is 15.6 Å². The van der Waals surface area contributed by atoms with Gasteiger partial charge in [-0.2, -0.15) is 18.3 Å². The molecule has 0 aliphatic heterocycles. The van der Waals surface area contributed by atoms with Crippen LogP contribution in [0.25, 0.3) is 5.65 Å². The Bertz CT molecular complexity index is 1000. The monoisotopic (exact) mass is 431 g/mol. The SMILES string of the molecule is CC(=O)Cc1cc(Cl)ccc1C.CCc1c(C(F)(F)F)nc2ccc(Cl)nn12. The van der Waals surface area contributed by atoms with Gasteiger partial charge in [-0.3, -0.25) is 4.79 Å². The molecule has 1 aromatic carbocycles. The van der Waals surface area contributed by atoms with Gasteiger partial charge in [-0.05, 0) is 55.7 Å². The zero-order chi connectivity index (χ0) is 21.1. The van der Waals surface area contributed by atoms with Crippen molar-refractivity contribution in [2.45, 2.75) is 39.8 Å². The van der Waals surface area contributed by atoms with E-state index in [2.05, 4.69) is 10.1 Å². The third-order valence-electron chi connectivity index (χ3n) is 3.89. The molecule has 0 bridgehead atoms. The molecule has 0 spiro atoms. The smallest absolute Gasteiger partial charge is 0.300 e. The molecule has 3 aromatic rings. The summed E-state index contributed by atoms with van der Waals surface area (Å²) >= 11 is 11.4. The maximum atomic E-state index is 12.6. The van der Waals surface area contributed by atoms with E-state index in [-0.39, 0.29) is 28.7 Å². The maximum absolute atomic E-state index is 12.6. The largest absolute Gasteiger partial charge is 0.435 e. The minimum Gasteiger partial charge on any atom is -0.300 e. The second-order valence-electron chi connectivity index (χ2n) is 6.13. The molecule has 0 radical (unpaired) electrons. The number of imidazole rings is 1. The van der Waals surface area contributed by atoms with Gasteiger partial charge in [-0.1, -0.05) is 36.2 Å². The number of benzene rings is 1. The summed E-state index contributed by atoms with van der Waals surface area (Å²) in [7, 11) is 0. The Morgan fingerprint density at radius 2 is 1.86 bits per heavy atom. The first-order valence-electron chi connectivity index (χ1n) is 8.38. The summed E-state index contributed by atoms with van der Waals surface area (Å²) in [5, 5.41) is 4.62. The highest BCUT2D eigenvalue weighted by Gasteiger charge is 2.37. The molecular weight excluding hydrogens is 414 g/mol. The quantitative estimate of drug-likeness (QED) is 0.530. The number of carbonyl (C=O) groups excluding carboxylic acids is 1. The zero-order valence-corrected chi connectivity index (χ0v) is 17.0. The Balaban J connectivity index is 0.000000209. The van der Waals surface area contributed by atoms with Crippen molar-refractivity contribution in [3.63, 3.8) is 0 Å². The number of Topliss-reactive ketones (excluding diaryl/α,β-unsaturated/α-hetero) is 1. The third kappa shape index (κ3) is 5.45. The van der Waals surface area contributed by atoms with Crippen molar-refractivity contribution in [2.24, 2.45) is 0 Å². The lowest BCUT2D eigenvalue weighted by molar-refractivity contribution is -0.141. The van der Waals surface area contributed by atoms with Crippen LogP contribution in [-0.4, -0.2) is 20.4 Å². The van der Waals surface area contributed by atoms with Crippen LogP contribution >= 0.6 is 23.2 Å². The summed E-state index contributed by atoms with van der Waals surface area (Å²) in [6.45, 7) is 5.18. The molecule has 2 heterocycles. The molecule has 0 aliphatic rings. The minimum absolute atomic E-state index is 0.0185. The first-order chi connectivity index (χ1) is 13.0. The Labute approximate surface area is 170 Å². The lowest BCUT2D eigenvalue weighted by Crippen LogP contribution is -2.09. The molecule has 0 amide bonds. The Kier molecular flexibility index (Phi) is 7.06. The van der Waals surface area contributed by atoms with E-state index < -0.39 is 11.9 Å². The molecule has 28 heavy (non-hydrogen) atoms. The van der Waals surface area contributed by atoms with Crippen LogP contribution < -0.4 is 0 Å².